The van der Waals surface area contributed by atoms with Crippen LogP contribution in [-0.2, 0) is 16.7 Å². The molecule has 2 N–H and O–H groups in total. The van der Waals surface area contributed by atoms with Gasteiger partial charge in [-0.2, -0.15) is 0 Å². The molecule has 1 aliphatic rings. The van der Waals surface area contributed by atoms with Crippen molar-refractivity contribution < 1.29 is 9.47 Å². The van der Waals surface area contributed by atoms with Gasteiger partial charge in [-0.05, 0) is 30.5 Å². The smallest absolute Gasteiger partial charge is 0.218 e. The van der Waals surface area contributed by atoms with Crippen molar-refractivity contribution in [2.75, 3.05) is 33.9 Å². The minimum atomic E-state index is 0. The Kier molecular flexibility index (Phi) is 9.64. The van der Waals surface area contributed by atoms with E-state index in [1.54, 1.807) is 20.4 Å². The van der Waals surface area contributed by atoms with Crippen LogP contribution in [0.4, 0.5) is 0 Å². The number of pyridine rings is 1. The lowest BCUT2D eigenvalue weighted by molar-refractivity contribution is 0.143. The van der Waals surface area contributed by atoms with Gasteiger partial charge in [0.2, 0.25) is 5.88 Å². The van der Waals surface area contributed by atoms with Crippen LogP contribution >= 0.6 is 39.9 Å². The summed E-state index contributed by atoms with van der Waals surface area (Å²) in [4.78, 5) is 8.67. The van der Waals surface area contributed by atoms with Crippen molar-refractivity contribution in [3.8, 4) is 5.88 Å². The second kappa shape index (κ2) is 11.7. The van der Waals surface area contributed by atoms with Gasteiger partial charge in [0.1, 0.15) is 6.61 Å². The van der Waals surface area contributed by atoms with E-state index in [0.29, 0.717) is 25.6 Å². The summed E-state index contributed by atoms with van der Waals surface area (Å²) in [5, 5.41) is 6.84. The van der Waals surface area contributed by atoms with Gasteiger partial charge in [-0.25, -0.2) is 4.98 Å². The van der Waals surface area contributed by atoms with E-state index >= 15 is 0 Å². The number of hydrogen-bond donors (Lipinski definition) is 2. The average molecular weight is 575 g/mol. The largest absolute Gasteiger partial charge is 0.475 e. The first-order valence-electron chi connectivity index (χ1n) is 9.44. The minimum absolute atomic E-state index is 0. The molecule has 1 aromatic heterocycles. The van der Waals surface area contributed by atoms with Crippen LogP contribution in [0.15, 0.2) is 52.1 Å². The highest BCUT2D eigenvalue weighted by atomic mass is 127. The van der Waals surface area contributed by atoms with E-state index < -0.39 is 0 Å². The topological polar surface area (TPSA) is 67.8 Å². The van der Waals surface area contributed by atoms with Gasteiger partial charge in [-0.15, -0.1) is 24.0 Å². The maximum atomic E-state index is 5.70. The minimum Gasteiger partial charge on any atom is -0.475 e. The van der Waals surface area contributed by atoms with Crippen LogP contribution in [0.3, 0.4) is 0 Å². The van der Waals surface area contributed by atoms with Crippen LogP contribution < -0.4 is 15.4 Å². The normalized spacial score (nSPS) is 14.7. The van der Waals surface area contributed by atoms with Crippen molar-refractivity contribution in [3.05, 3.63) is 58.2 Å². The molecule has 0 radical (unpaired) electrons. The molecule has 29 heavy (non-hydrogen) atoms. The monoisotopic (exact) mass is 574 g/mol. The number of benzene rings is 1. The molecule has 0 atom stereocenters. The van der Waals surface area contributed by atoms with Gasteiger partial charge in [0.25, 0.3) is 0 Å². The first kappa shape index (κ1) is 23.9. The van der Waals surface area contributed by atoms with Crippen LogP contribution in [0.2, 0.25) is 0 Å². The number of rotatable bonds is 9. The molecule has 8 heteroatoms. The quantitative estimate of drug-likeness (QED) is 0.206. The number of ether oxygens (including phenoxy) is 2. The van der Waals surface area contributed by atoms with Gasteiger partial charge in [0, 0.05) is 48.9 Å². The van der Waals surface area contributed by atoms with Gasteiger partial charge >= 0.3 is 0 Å². The number of halogens is 2. The van der Waals surface area contributed by atoms with E-state index in [-0.39, 0.29) is 29.4 Å². The summed E-state index contributed by atoms with van der Waals surface area (Å²) >= 11 is 3.69. The standard InChI is InChI=1S/C21H27BrN4O2.HI/c1-23-20(25-14-16-6-5-11-24-19(16)28-13-12-27-2)26-15-21(9-10-21)17-7-3-4-8-18(17)22;/h3-8,11H,9-10,12-15H2,1-2H3,(H2,23,25,26);1H. The van der Waals surface area contributed by atoms with Crippen molar-refractivity contribution in [2.45, 2.75) is 24.8 Å². The molecule has 1 aliphatic carbocycles. The van der Waals surface area contributed by atoms with Crippen molar-refractivity contribution >= 4 is 45.9 Å². The summed E-state index contributed by atoms with van der Waals surface area (Å²) in [5.74, 6) is 1.39. The zero-order valence-corrected chi connectivity index (χ0v) is 20.7. The molecule has 0 amide bonds. The first-order chi connectivity index (χ1) is 13.7. The van der Waals surface area contributed by atoms with Gasteiger partial charge in [-0.3, -0.25) is 4.99 Å². The molecule has 0 bridgehead atoms. The lowest BCUT2D eigenvalue weighted by Crippen LogP contribution is -2.41. The molecule has 0 spiro atoms. The molecule has 1 heterocycles. The van der Waals surface area contributed by atoms with Crippen molar-refractivity contribution in [1.82, 2.24) is 15.6 Å². The van der Waals surface area contributed by atoms with E-state index in [0.717, 1.165) is 18.1 Å². The fourth-order valence-electron chi connectivity index (χ4n) is 3.15. The predicted molar refractivity (Wildman–Crippen MR) is 130 cm³/mol. The SMILES string of the molecule is CN=C(NCc1cccnc1OCCOC)NCC1(c2ccccc2Br)CC1.I. The van der Waals surface area contributed by atoms with E-state index in [2.05, 4.69) is 60.8 Å². The second-order valence-electron chi connectivity index (χ2n) is 6.85. The Morgan fingerprint density at radius 2 is 1.97 bits per heavy atom. The third-order valence-corrected chi connectivity index (χ3v) is 5.63. The first-order valence-corrected chi connectivity index (χ1v) is 10.2. The predicted octanol–water partition coefficient (Wildman–Crippen LogP) is 3.88. The number of nitrogens with one attached hydrogen (secondary N) is 2. The number of aromatic nitrogens is 1. The zero-order valence-electron chi connectivity index (χ0n) is 16.8. The molecule has 1 fully saturated rings. The molecule has 0 unspecified atom stereocenters. The molecule has 1 saturated carbocycles. The summed E-state index contributed by atoms with van der Waals surface area (Å²) in [7, 11) is 3.44. The Labute approximate surface area is 198 Å². The van der Waals surface area contributed by atoms with E-state index in [1.807, 2.05) is 12.1 Å². The zero-order chi connectivity index (χ0) is 19.8. The fraction of sp³-hybridized carbons (Fsp3) is 0.429. The number of hydrogen-bond acceptors (Lipinski definition) is 4. The van der Waals surface area contributed by atoms with Gasteiger partial charge in [-0.1, -0.05) is 40.2 Å². The molecule has 0 saturated heterocycles. The molecule has 2 aromatic rings. The third-order valence-electron chi connectivity index (χ3n) is 4.94. The Balaban J connectivity index is 0.00000300. The molecular weight excluding hydrogens is 547 g/mol. The molecule has 3 rings (SSSR count). The molecule has 1 aromatic carbocycles. The van der Waals surface area contributed by atoms with Gasteiger partial charge in [0.05, 0.1) is 6.61 Å². The summed E-state index contributed by atoms with van der Waals surface area (Å²) in [5.41, 5.74) is 2.52. The highest BCUT2D eigenvalue weighted by molar-refractivity contribution is 14.0. The summed E-state index contributed by atoms with van der Waals surface area (Å²) in [6.45, 7) is 2.43. The lowest BCUT2D eigenvalue weighted by Gasteiger charge is -2.20. The third kappa shape index (κ3) is 6.55. The number of aliphatic imine (C=N–C) groups is 1. The Morgan fingerprint density at radius 3 is 2.66 bits per heavy atom. The van der Waals surface area contributed by atoms with Crippen LogP contribution in [0, 0.1) is 0 Å². The molecule has 158 valence electrons. The Morgan fingerprint density at radius 1 is 1.17 bits per heavy atom. The number of methoxy groups -OCH3 is 1. The highest BCUT2D eigenvalue weighted by Crippen LogP contribution is 2.49. The van der Waals surface area contributed by atoms with Crippen molar-refractivity contribution in [3.63, 3.8) is 0 Å². The van der Waals surface area contributed by atoms with Gasteiger partial charge < -0.3 is 20.1 Å². The van der Waals surface area contributed by atoms with Crippen LogP contribution in [0.25, 0.3) is 0 Å². The van der Waals surface area contributed by atoms with E-state index in [4.69, 9.17) is 9.47 Å². The average Bonchev–Trinajstić information content (AvgIpc) is 3.50. The Hall–Kier alpha value is -1.39. The summed E-state index contributed by atoms with van der Waals surface area (Å²) < 4.78 is 11.9. The van der Waals surface area contributed by atoms with Gasteiger partial charge in [0.15, 0.2) is 5.96 Å². The maximum Gasteiger partial charge on any atom is 0.218 e. The second-order valence-corrected chi connectivity index (χ2v) is 7.70. The fourth-order valence-corrected chi connectivity index (χ4v) is 3.85. The van der Waals surface area contributed by atoms with Crippen LogP contribution in [-0.4, -0.2) is 44.9 Å². The van der Waals surface area contributed by atoms with Crippen LogP contribution in [0.5, 0.6) is 5.88 Å². The molecule has 0 aliphatic heterocycles. The molecular formula is C21H28BrIN4O2. The number of guanidine groups is 1. The van der Waals surface area contributed by atoms with E-state index in [9.17, 15) is 0 Å². The molecule has 6 nitrogen and oxygen atoms in total. The van der Waals surface area contributed by atoms with Crippen LogP contribution in [0.1, 0.15) is 24.0 Å². The van der Waals surface area contributed by atoms with Crippen molar-refractivity contribution in [1.29, 1.82) is 0 Å². The highest BCUT2D eigenvalue weighted by Gasteiger charge is 2.45. The summed E-state index contributed by atoms with van der Waals surface area (Å²) in [6.07, 6.45) is 4.09. The maximum absolute atomic E-state index is 5.70. The van der Waals surface area contributed by atoms with Crippen molar-refractivity contribution in [2.24, 2.45) is 4.99 Å². The van der Waals surface area contributed by atoms with E-state index in [1.165, 1.54) is 22.9 Å². The number of nitrogens with zero attached hydrogens (tertiary/aromatic N) is 2. The summed E-state index contributed by atoms with van der Waals surface area (Å²) in [6, 6.07) is 12.4. The lowest BCUT2D eigenvalue weighted by atomic mass is 9.96. The Bertz CT molecular complexity index is 815.